The van der Waals surface area contributed by atoms with Crippen LogP contribution in [0, 0.1) is 6.92 Å². The van der Waals surface area contributed by atoms with Crippen molar-refractivity contribution < 1.29 is 17.6 Å². The highest BCUT2D eigenvalue weighted by molar-refractivity contribution is 5.85. The molecular formula is C19H14F3N3O. The van der Waals surface area contributed by atoms with Crippen LogP contribution in [0.25, 0.3) is 22.5 Å². The molecule has 0 bridgehead atoms. The first-order valence-electron chi connectivity index (χ1n) is 7.97. The number of halogens is 3. The summed E-state index contributed by atoms with van der Waals surface area (Å²) in [5, 5.41) is 8.85. The van der Waals surface area contributed by atoms with Crippen LogP contribution in [0.1, 0.15) is 17.0 Å². The zero-order chi connectivity index (χ0) is 18.3. The Labute approximate surface area is 146 Å². The predicted molar refractivity (Wildman–Crippen MR) is 90.5 cm³/mol. The SMILES string of the molecule is Cc1nnc(-c2cc3ccccc3n2Cc2cccc(C(F)(F)F)c2)o1. The molecule has 7 heteroatoms. The molecule has 4 aromatic rings. The summed E-state index contributed by atoms with van der Waals surface area (Å²) in [6.45, 7) is 1.95. The Morgan fingerprint density at radius 3 is 2.54 bits per heavy atom. The second kappa shape index (κ2) is 6.01. The third kappa shape index (κ3) is 2.96. The van der Waals surface area contributed by atoms with Crippen LogP contribution in [0.3, 0.4) is 0 Å². The number of rotatable bonds is 3. The average molecular weight is 357 g/mol. The summed E-state index contributed by atoms with van der Waals surface area (Å²) in [4.78, 5) is 0. The Hall–Kier alpha value is -3.09. The monoisotopic (exact) mass is 357 g/mol. The lowest BCUT2D eigenvalue weighted by Crippen LogP contribution is -2.07. The molecule has 2 aromatic carbocycles. The third-order valence-corrected chi connectivity index (χ3v) is 4.15. The number of fused-ring (bicyclic) bond motifs is 1. The number of hydrogen-bond acceptors (Lipinski definition) is 3. The molecular weight excluding hydrogens is 343 g/mol. The number of benzene rings is 2. The molecule has 4 rings (SSSR count). The van der Waals surface area contributed by atoms with E-state index in [4.69, 9.17) is 4.42 Å². The summed E-state index contributed by atoms with van der Waals surface area (Å²) >= 11 is 0. The van der Waals surface area contributed by atoms with Crippen molar-refractivity contribution in [2.24, 2.45) is 0 Å². The maximum absolute atomic E-state index is 13.0. The number of hydrogen-bond donors (Lipinski definition) is 0. The number of aryl methyl sites for hydroxylation is 1. The molecule has 2 aromatic heterocycles. The largest absolute Gasteiger partial charge is 0.420 e. The van der Waals surface area contributed by atoms with Gasteiger partial charge in [0.25, 0.3) is 5.89 Å². The number of alkyl halides is 3. The van der Waals surface area contributed by atoms with Crippen molar-refractivity contribution in [1.82, 2.24) is 14.8 Å². The number of nitrogens with zero attached hydrogens (tertiary/aromatic N) is 3. The van der Waals surface area contributed by atoms with Crippen LogP contribution in [0.4, 0.5) is 13.2 Å². The van der Waals surface area contributed by atoms with Crippen LogP contribution in [-0.2, 0) is 12.7 Å². The Balaban J connectivity index is 1.83. The highest BCUT2D eigenvalue weighted by Gasteiger charge is 2.30. The van der Waals surface area contributed by atoms with E-state index in [0.29, 0.717) is 23.0 Å². The average Bonchev–Trinajstić information content (AvgIpc) is 3.19. The minimum Gasteiger partial charge on any atom is -0.420 e. The van der Waals surface area contributed by atoms with Crippen molar-refractivity contribution in [2.45, 2.75) is 19.6 Å². The van der Waals surface area contributed by atoms with Crippen LogP contribution in [0.2, 0.25) is 0 Å². The van der Waals surface area contributed by atoms with Gasteiger partial charge in [0.15, 0.2) is 0 Å². The van der Waals surface area contributed by atoms with Gasteiger partial charge in [-0.15, -0.1) is 10.2 Å². The number of para-hydroxylation sites is 1. The Bertz CT molecular complexity index is 1080. The molecule has 0 saturated carbocycles. The molecule has 0 aliphatic rings. The van der Waals surface area contributed by atoms with Gasteiger partial charge in [0.2, 0.25) is 5.89 Å². The minimum absolute atomic E-state index is 0.258. The lowest BCUT2D eigenvalue weighted by Gasteiger charge is -2.12. The maximum Gasteiger partial charge on any atom is 0.416 e. The van der Waals surface area contributed by atoms with E-state index in [2.05, 4.69) is 10.2 Å². The summed E-state index contributed by atoms with van der Waals surface area (Å²) in [6.07, 6.45) is -4.37. The molecule has 0 aliphatic carbocycles. The van der Waals surface area contributed by atoms with E-state index in [1.54, 1.807) is 13.0 Å². The van der Waals surface area contributed by atoms with E-state index in [0.717, 1.165) is 23.0 Å². The van der Waals surface area contributed by atoms with Crippen LogP contribution in [0.5, 0.6) is 0 Å². The molecule has 0 N–H and O–H groups in total. The molecule has 26 heavy (non-hydrogen) atoms. The first-order chi connectivity index (χ1) is 12.4. The molecule has 2 heterocycles. The Kier molecular flexibility index (Phi) is 3.79. The van der Waals surface area contributed by atoms with E-state index in [-0.39, 0.29) is 6.54 Å². The van der Waals surface area contributed by atoms with Gasteiger partial charge in [-0.1, -0.05) is 30.3 Å². The molecule has 4 nitrogen and oxygen atoms in total. The highest BCUT2D eigenvalue weighted by Crippen LogP contribution is 2.31. The maximum atomic E-state index is 13.0. The fraction of sp³-hybridized carbons (Fsp3) is 0.158. The van der Waals surface area contributed by atoms with E-state index in [9.17, 15) is 13.2 Å². The molecule has 0 amide bonds. The van der Waals surface area contributed by atoms with Crippen molar-refractivity contribution >= 4 is 10.9 Å². The molecule has 132 valence electrons. The van der Waals surface area contributed by atoms with Gasteiger partial charge in [0, 0.05) is 24.4 Å². The molecule has 0 fully saturated rings. The summed E-state index contributed by atoms with van der Waals surface area (Å²) in [5.74, 6) is 0.765. The zero-order valence-corrected chi connectivity index (χ0v) is 13.8. The zero-order valence-electron chi connectivity index (χ0n) is 13.8. The van der Waals surface area contributed by atoms with Gasteiger partial charge < -0.3 is 8.98 Å². The smallest absolute Gasteiger partial charge is 0.416 e. The van der Waals surface area contributed by atoms with Crippen LogP contribution in [0.15, 0.2) is 59.0 Å². The van der Waals surface area contributed by atoms with Crippen LogP contribution in [-0.4, -0.2) is 14.8 Å². The second-order valence-corrected chi connectivity index (χ2v) is 6.00. The van der Waals surface area contributed by atoms with Crippen LogP contribution >= 0.6 is 0 Å². The van der Waals surface area contributed by atoms with Gasteiger partial charge in [-0.05, 0) is 29.8 Å². The van der Waals surface area contributed by atoms with Gasteiger partial charge in [-0.3, -0.25) is 0 Å². The molecule has 0 spiro atoms. The predicted octanol–water partition coefficient (Wildman–Crippen LogP) is 5.07. The number of aromatic nitrogens is 3. The topological polar surface area (TPSA) is 43.9 Å². The Morgan fingerprint density at radius 1 is 1.00 bits per heavy atom. The summed E-state index contributed by atoms with van der Waals surface area (Å²) in [6, 6.07) is 14.9. The quantitative estimate of drug-likeness (QED) is 0.514. The van der Waals surface area contributed by atoms with Gasteiger partial charge >= 0.3 is 6.18 Å². The summed E-state index contributed by atoms with van der Waals surface area (Å²) in [7, 11) is 0. The van der Waals surface area contributed by atoms with Gasteiger partial charge in [-0.25, -0.2) is 0 Å². The van der Waals surface area contributed by atoms with Gasteiger partial charge in [0.1, 0.15) is 5.69 Å². The minimum atomic E-state index is -4.37. The second-order valence-electron chi connectivity index (χ2n) is 6.00. The first-order valence-corrected chi connectivity index (χ1v) is 7.97. The van der Waals surface area contributed by atoms with Crippen molar-refractivity contribution in [3.05, 3.63) is 71.6 Å². The van der Waals surface area contributed by atoms with Crippen LogP contribution < -0.4 is 0 Å². The third-order valence-electron chi connectivity index (χ3n) is 4.15. The Morgan fingerprint density at radius 2 is 1.81 bits per heavy atom. The fourth-order valence-electron chi connectivity index (χ4n) is 2.99. The molecule has 0 aliphatic heterocycles. The van der Waals surface area contributed by atoms with E-state index in [1.165, 1.54) is 6.07 Å². The van der Waals surface area contributed by atoms with E-state index < -0.39 is 11.7 Å². The molecule has 0 radical (unpaired) electrons. The first kappa shape index (κ1) is 16.4. The standard InChI is InChI=1S/C19H14F3N3O/c1-12-23-24-18(26-12)17-10-14-6-2-3-8-16(14)25(17)11-13-5-4-7-15(9-13)19(20,21)22/h2-10H,11H2,1H3. The lowest BCUT2D eigenvalue weighted by molar-refractivity contribution is -0.137. The van der Waals surface area contributed by atoms with Gasteiger partial charge in [0.05, 0.1) is 5.56 Å². The summed E-state index contributed by atoms with van der Waals surface area (Å²) in [5.41, 5.74) is 1.43. The molecule has 0 unspecified atom stereocenters. The summed E-state index contributed by atoms with van der Waals surface area (Å²) < 4.78 is 46.4. The normalized spacial score (nSPS) is 12.0. The fourth-order valence-corrected chi connectivity index (χ4v) is 2.99. The van der Waals surface area contributed by atoms with E-state index >= 15 is 0 Å². The molecule has 0 atom stereocenters. The van der Waals surface area contributed by atoms with E-state index in [1.807, 2.05) is 34.9 Å². The van der Waals surface area contributed by atoms with Crippen molar-refractivity contribution in [3.63, 3.8) is 0 Å². The van der Waals surface area contributed by atoms with Crippen molar-refractivity contribution in [1.29, 1.82) is 0 Å². The van der Waals surface area contributed by atoms with Gasteiger partial charge in [-0.2, -0.15) is 13.2 Å². The van der Waals surface area contributed by atoms with Crippen molar-refractivity contribution in [3.8, 4) is 11.6 Å². The highest BCUT2D eigenvalue weighted by atomic mass is 19.4. The lowest BCUT2D eigenvalue weighted by atomic mass is 10.1. The van der Waals surface area contributed by atoms with Crippen molar-refractivity contribution in [2.75, 3.05) is 0 Å². The molecule has 0 saturated heterocycles.